The van der Waals surface area contributed by atoms with Crippen LogP contribution in [0.2, 0.25) is 0 Å². The molecule has 118 valence electrons. The molecular weight excluding hydrogens is 302 g/mol. The van der Waals surface area contributed by atoms with Crippen LogP contribution < -0.4 is 0 Å². The van der Waals surface area contributed by atoms with Crippen LogP contribution in [0.15, 0.2) is 11.2 Å². The predicted octanol–water partition coefficient (Wildman–Crippen LogP) is 1.08. The fourth-order valence-corrected chi connectivity index (χ4v) is 3.28. The van der Waals surface area contributed by atoms with E-state index in [4.69, 9.17) is 4.74 Å². The topological polar surface area (TPSA) is 72.6 Å². The third-order valence-corrected chi connectivity index (χ3v) is 4.49. The van der Waals surface area contributed by atoms with Gasteiger partial charge in [-0.25, -0.2) is 9.50 Å². The number of ether oxygens (including phenoxy) is 1. The number of nitrogens with zero attached hydrogens (tertiary/aromatic N) is 5. The number of amides is 1. The van der Waals surface area contributed by atoms with Gasteiger partial charge in [-0.15, -0.1) is 5.10 Å². The lowest BCUT2D eigenvalue weighted by Gasteiger charge is -2.28. The molecule has 0 spiro atoms. The molecule has 0 aromatic carbocycles. The van der Waals surface area contributed by atoms with Gasteiger partial charge in [0.05, 0.1) is 18.5 Å². The lowest BCUT2D eigenvalue weighted by molar-refractivity contribution is -0.134. The molecule has 1 saturated heterocycles. The molecule has 3 heterocycles. The van der Waals surface area contributed by atoms with Gasteiger partial charge in [0.15, 0.2) is 0 Å². The molecule has 22 heavy (non-hydrogen) atoms. The Morgan fingerprint density at radius 2 is 2.05 bits per heavy atom. The molecule has 2 aromatic rings. The molecule has 1 aliphatic heterocycles. The molecule has 1 aliphatic rings. The van der Waals surface area contributed by atoms with E-state index in [1.807, 2.05) is 31.7 Å². The van der Waals surface area contributed by atoms with Crippen molar-refractivity contribution in [3.8, 4) is 0 Å². The molecule has 1 amide bonds. The summed E-state index contributed by atoms with van der Waals surface area (Å²) in [5, 5.41) is 4.79. The first-order chi connectivity index (χ1) is 10.5. The van der Waals surface area contributed by atoms with Crippen molar-refractivity contribution in [2.24, 2.45) is 0 Å². The van der Waals surface area contributed by atoms with Gasteiger partial charge < -0.3 is 9.64 Å². The molecule has 0 N–H and O–H groups in total. The summed E-state index contributed by atoms with van der Waals surface area (Å²) in [6, 6.07) is 1.96. The number of morpholine rings is 1. The number of carbonyl (C=O) groups excluding carboxylic acids is 1. The first-order valence-corrected chi connectivity index (χ1v) is 8.17. The Morgan fingerprint density at radius 1 is 1.32 bits per heavy atom. The third kappa shape index (κ3) is 3.07. The molecule has 0 aliphatic carbocycles. The normalized spacial score (nSPS) is 17.0. The Balaban J connectivity index is 1.74. The van der Waals surface area contributed by atoms with E-state index in [1.165, 1.54) is 11.8 Å². The highest BCUT2D eigenvalue weighted by Crippen LogP contribution is 2.22. The zero-order chi connectivity index (χ0) is 15.7. The van der Waals surface area contributed by atoms with Crippen LogP contribution in [0.3, 0.4) is 0 Å². The number of hydrogen-bond acceptors (Lipinski definition) is 6. The second-order valence-electron chi connectivity index (χ2n) is 5.34. The van der Waals surface area contributed by atoms with Gasteiger partial charge in [0.25, 0.3) is 5.78 Å². The van der Waals surface area contributed by atoms with Crippen molar-refractivity contribution in [2.75, 3.05) is 26.3 Å². The molecule has 7 nitrogen and oxygen atoms in total. The zero-order valence-electron chi connectivity index (χ0n) is 12.9. The predicted molar refractivity (Wildman–Crippen MR) is 83.0 cm³/mol. The van der Waals surface area contributed by atoms with Gasteiger partial charge in [0.1, 0.15) is 0 Å². The van der Waals surface area contributed by atoms with Crippen LogP contribution in [-0.4, -0.2) is 61.9 Å². The van der Waals surface area contributed by atoms with Crippen molar-refractivity contribution >= 4 is 23.4 Å². The molecule has 0 bridgehead atoms. The molecule has 1 fully saturated rings. The van der Waals surface area contributed by atoms with Crippen LogP contribution in [0.1, 0.15) is 18.3 Å². The molecule has 8 heteroatoms. The number of rotatable bonds is 3. The van der Waals surface area contributed by atoms with Gasteiger partial charge in [-0.2, -0.15) is 4.98 Å². The van der Waals surface area contributed by atoms with E-state index >= 15 is 0 Å². The Hall–Kier alpha value is -1.67. The van der Waals surface area contributed by atoms with E-state index in [-0.39, 0.29) is 11.2 Å². The van der Waals surface area contributed by atoms with E-state index in [1.54, 1.807) is 4.52 Å². The lowest BCUT2D eigenvalue weighted by Crippen LogP contribution is -2.44. The van der Waals surface area contributed by atoms with E-state index in [2.05, 4.69) is 15.1 Å². The first kappa shape index (κ1) is 15.2. The zero-order valence-corrected chi connectivity index (χ0v) is 13.8. The first-order valence-electron chi connectivity index (χ1n) is 7.29. The van der Waals surface area contributed by atoms with Gasteiger partial charge in [-0.1, -0.05) is 11.8 Å². The van der Waals surface area contributed by atoms with Crippen LogP contribution in [0.5, 0.6) is 0 Å². The Bertz CT molecular complexity index is 696. The molecule has 3 rings (SSSR count). The minimum Gasteiger partial charge on any atom is -0.378 e. The average Bonchev–Trinajstić information content (AvgIpc) is 2.90. The van der Waals surface area contributed by atoms with Gasteiger partial charge in [0, 0.05) is 24.5 Å². The minimum absolute atomic E-state index is 0.105. The van der Waals surface area contributed by atoms with Crippen molar-refractivity contribution in [1.29, 1.82) is 0 Å². The van der Waals surface area contributed by atoms with Crippen LogP contribution >= 0.6 is 11.8 Å². The average molecular weight is 321 g/mol. The van der Waals surface area contributed by atoms with Crippen molar-refractivity contribution in [3.05, 3.63) is 17.5 Å². The van der Waals surface area contributed by atoms with Gasteiger partial charge >= 0.3 is 0 Å². The maximum absolute atomic E-state index is 12.4. The van der Waals surface area contributed by atoms with Crippen LogP contribution in [-0.2, 0) is 9.53 Å². The van der Waals surface area contributed by atoms with Crippen molar-refractivity contribution in [3.63, 3.8) is 0 Å². The van der Waals surface area contributed by atoms with Crippen LogP contribution in [0, 0.1) is 13.8 Å². The highest BCUT2D eigenvalue weighted by molar-refractivity contribution is 8.00. The SMILES string of the molecule is Cc1cc(C)n2nc(S[C@H](C)C(=O)N3CCOCC3)nc2n1. The number of hydrogen-bond donors (Lipinski definition) is 0. The highest BCUT2D eigenvalue weighted by atomic mass is 32.2. The van der Waals surface area contributed by atoms with E-state index in [0.717, 1.165) is 11.4 Å². The fraction of sp³-hybridized carbons (Fsp3) is 0.571. The standard InChI is InChI=1S/C14H19N5O2S/c1-9-8-10(2)19-13(15-9)16-14(17-19)22-11(3)12(20)18-4-6-21-7-5-18/h8,11H,4-7H2,1-3H3/t11-/m1/s1. The molecule has 0 unspecified atom stereocenters. The summed E-state index contributed by atoms with van der Waals surface area (Å²) in [6.07, 6.45) is 0. The minimum atomic E-state index is -0.225. The van der Waals surface area contributed by atoms with Gasteiger partial charge in [0.2, 0.25) is 11.1 Å². The van der Waals surface area contributed by atoms with E-state index in [9.17, 15) is 4.79 Å². The number of carbonyl (C=O) groups is 1. The van der Waals surface area contributed by atoms with Crippen molar-refractivity contribution in [2.45, 2.75) is 31.2 Å². The maximum atomic E-state index is 12.4. The summed E-state index contributed by atoms with van der Waals surface area (Å²) >= 11 is 1.37. The summed E-state index contributed by atoms with van der Waals surface area (Å²) in [5.41, 5.74) is 1.89. The third-order valence-electron chi connectivity index (χ3n) is 3.55. The molecule has 2 aromatic heterocycles. The summed E-state index contributed by atoms with van der Waals surface area (Å²) in [6.45, 7) is 8.31. The number of aryl methyl sites for hydroxylation is 2. The molecule has 0 saturated carbocycles. The highest BCUT2D eigenvalue weighted by Gasteiger charge is 2.24. The summed E-state index contributed by atoms with van der Waals surface area (Å²) in [5.74, 6) is 0.680. The van der Waals surface area contributed by atoms with Crippen molar-refractivity contribution < 1.29 is 9.53 Å². The summed E-state index contributed by atoms with van der Waals surface area (Å²) in [7, 11) is 0. The summed E-state index contributed by atoms with van der Waals surface area (Å²) in [4.78, 5) is 23.0. The number of fused-ring (bicyclic) bond motifs is 1. The fourth-order valence-electron chi connectivity index (χ4n) is 2.45. The van der Waals surface area contributed by atoms with E-state index in [0.29, 0.717) is 37.2 Å². The number of thioether (sulfide) groups is 1. The van der Waals surface area contributed by atoms with Crippen LogP contribution in [0.25, 0.3) is 5.78 Å². The Labute approximate surface area is 133 Å². The smallest absolute Gasteiger partial charge is 0.253 e. The second kappa shape index (κ2) is 6.21. The largest absolute Gasteiger partial charge is 0.378 e. The second-order valence-corrected chi connectivity index (χ2v) is 6.65. The summed E-state index contributed by atoms with van der Waals surface area (Å²) < 4.78 is 6.98. The molecular formula is C14H19N5O2S. The van der Waals surface area contributed by atoms with Crippen molar-refractivity contribution in [1.82, 2.24) is 24.5 Å². The quantitative estimate of drug-likeness (QED) is 0.788. The van der Waals surface area contributed by atoms with Crippen LogP contribution in [0.4, 0.5) is 0 Å². The maximum Gasteiger partial charge on any atom is 0.253 e. The molecule has 0 radical (unpaired) electrons. The lowest BCUT2D eigenvalue weighted by atomic mass is 10.3. The number of aromatic nitrogens is 4. The Morgan fingerprint density at radius 3 is 2.77 bits per heavy atom. The van der Waals surface area contributed by atoms with Gasteiger partial charge in [-0.3, -0.25) is 4.79 Å². The van der Waals surface area contributed by atoms with E-state index < -0.39 is 0 Å². The monoisotopic (exact) mass is 321 g/mol. The van der Waals surface area contributed by atoms with Gasteiger partial charge in [-0.05, 0) is 26.8 Å². The molecule has 1 atom stereocenters. The Kier molecular flexibility index (Phi) is 4.30.